The molecule has 0 amide bonds. The number of rotatable bonds is 7. The van der Waals surface area contributed by atoms with Gasteiger partial charge in [0.1, 0.15) is 0 Å². The quantitative estimate of drug-likeness (QED) is 0.247. The first-order valence-electron chi connectivity index (χ1n) is 11.3. The van der Waals surface area contributed by atoms with Crippen LogP contribution in [0.1, 0.15) is 98.3 Å². The minimum Gasteiger partial charge on any atom is -0.393 e. The van der Waals surface area contributed by atoms with E-state index in [0.717, 1.165) is 12.8 Å². The van der Waals surface area contributed by atoms with Gasteiger partial charge in [0.25, 0.3) is 10.1 Å². The molecule has 4 nitrogen and oxygen atoms in total. The fourth-order valence-corrected chi connectivity index (χ4v) is 3.79. The van der Waals surface area contributed by atoms with Gasteiger partial charge in [0.05, 0.1) is 17.3 Å². The lowest BCUT2D eigenvalue weighted by Crippen LogP contribution is -2.09. The van der Waals surface area contributed by atoms with Crippen LogP contribution in [0.4, 0.5) is 0 Å². The molecular formula is C23H44ClO4PS. The average molecular weight is 483 g/mol. The molecule has 30 heavy (non-hydrogen) atoms. The first-order chi connectivity index (χ1) is 14.3. The molecule has 0 aromatic heterocycles. The fraction of sp³-hybridized carbons (Fsp3) is 0.739. The van der Waals surface area contributed by atoms with Crippen LogP contribution in [-0.2, 0) is 14.3 Å². The molecule has 1 unspecified atom stereocenters. The van der Waals surface area contributed by atoms with E-state index >= 15 is 0 Å². The van der Waals surface area contributed by atoms with Crippen molar-refractivity contribution in [2.45, 2.75) is 109 Å². The number of halogens is 1. The molecule has 1 saturated carbocycles. The lowest BCUT2D eigenvalue weighted by molar-refractivity contribution is 0.130. The molecule has 1 aliphatic rings. The number of aliphatic hydroxyl groups excluding tert-OH is 1. The van der Waals surface area contributed by atoms with Crippen molar-refractivity contribution in [2.24, 2.45) is 0 Å². The van der Waals surface area contributed by atoms with Gasteiger partial charge < -0.3 is 5.11 Å². The second kappa shape index (κ2) is 22.0. The number of aliphatic hydroxyl groups is 1. The van der Waals surface area contributed by atoms with E-state index in [0.29, 0.717) is 5.02 Å². The summed E-state index contributed by atoms with van der Waals surface area (Å²) < 4.78 is 27.1. The summed E-state index contributed by atoms with van der Waals surface area (Å²) in [5.41, 5.74) is 0. The highest BCUT2D eigenvalue weighted by atomic mass is 35.5. The van der Waals surface area contributed by atoms with Gasteiger partial charge >= 0.3 is 0 Å². The summed E-state index contributed by atoms with van der Waals surface area (Å²) in [7, 11) is -1.43. The van der Waals surface area contributed by atoms with E-state index in [-0.39, 0.29) is 17.3 Å². The van der Waals surface area contributed by atoms with E-state index in [9.17, 15) is 8.42 Å². The molecule has 7 heteroatoms. The molecule has 0 radical (unpaired) electrons. The van der Waals surface area contributed by atoms with Crippen LogP contribution in [0.3, 0.4) is 0 Å². The van der Waals surface area contributed by atoms with Crippen LogP contribution < -0.4 is 0 Å². The maximum atomic E-state index is 11.3. The molecule has 0 heterocycles. The summed E-state index contributed by atoms with van der Waals surface area (Å²) in [4.78, 5) is 0.111. The third kappa shape index (κ3) is 19.8. The minimum absolute atomic E-state index is 0.0359. The van der Waals surface area contributed by atoms with Crippen molar-refractivity contribution >= 4 is 31.0 Å². The molecule has 1 aromatic rings. The van der Waals surface area contributed by atoms with Gasteiger partial charge in [-0.25, -0.2) is 0 Å². The second-order valence-corrected chi connectivity index (χ2v) is 9.58. The molecule has 1 fully saturated rings. The first kappa shape index (κ1) is 32.0. The van der Waals surface area contributed by atoms with Crippen LogP contribution in [0.25, 0.3) is 0 Å². The zero-order chi connectivity index (χ0) is 23.3. The third-order valence-electron chi connectivity index (χ3n) is 4.36. The van der Waals surface area contributed by atoms with Gasteiger partial charge in [-0.2, -0.15) is 8.42 Å². The maximum absolute atomic E-state index is 11.3. The van der Waals surface area contributed by atoms with E-state index in [1.165, 1.54) is 82.1 Å². The number of unbranched alkanes of at least 4 members (excludes halogenated alkanes) is 4. The summed E-state index contributed by atoms with van der Waals surface area (Å²) in [6.07, 6.45) is 14.1. The Bertz CT molecular complexity index is 567. The topological polar surface area (TPSA) is 63.6 Å². The van der Waals surface area contributed by atoms with Gasteiger partial charge in [-0.05, 0) is 37.1 Å². The molecule has 0 saturated heterocycles. The Labute approximate surface area is 193 Å². The molecule has 1 atom stereocenters. The summed E-state index contributed by atoms with van der Waals surface area (Å²) in [5.74, 6) is 0. The van der Waals surface area contributed by atoms with E-state index in [4.69, 9.17) is 16.7 Å². The van der Waals surface area contributed by atoms with Gasteiger partial charge in [-0.15, -0.1) is 9.24 Å². The van der Waals surface area contributed by atoms with Gasteiger partial charge in [-0.3, -0.25) is 4.18 Å². The summed E-state index contributed by atoms with van der Waals surface area (Å²) in [6.45, 7) is 8.82. The summed E-state index contributed by atoms with van der Waals surface area (Å²) >= 11 is 5.60. The van der Waals surface area contributed by atoms with Crippen molar-refractivity contribution in [2.75, 3.05) is 6.35 Å². The summed E-state index contributed by atoms with van der Waals surface area (Å²) in [6, 6.07) is 5.80. The Kier molecular flexibility index (Phi) is 23.5. The van der Waals surface area contributed by atoms with Crippen molar-refractivity contribution in [1.82, 2.24) is 0 Å². The maximum Gasteiger partial charge on any atom is 0.297 e. The van der Waals surface area contributed by atoms with Crippen molar-refractivity contribution in [1.29, 1.82) is 0 Å². The van der Waals surface area contributed by atoms with Crippen molar-refractivity contribution in [3.05, 3.63) is 29.3 Å². The second-order valence-electron chi connectivity index (χ2n) is 7.19. The zero-order valence-corrected chi connectivity index (χ0v) is 22.1. The SMILES string of the molecule is CCCC.CCCCCC.O=S(=O)(OCP)c1ccc(Cl)cc1.OC1CCCCC1. The van der Waals surface area contributed by atoms with Crippen molar-refractivity contribution in [3.63, 3.8) is 0 Å². The van der Waals surface area contributed by atoms with Crippen LogP contribution in [0.5, 0.6) is 0 Å². The van der Waals surface area contributed by atoms with E-state index < -0.39 is 10.1 Å². The van der Waals surface area contributed by atoms with Gasteiger partial charge in [0.15, 0.2) is 0 Å². The molecule has 178 valence electrons. The highest BCUT2D eigenvalue weighted by Crippen LogP contribution is 2.17. The highest BCUT2D eigenvalue weighted by molar-refractivity contribution is 7.86. The van der Waals surface area contributed by atoms with Crippen LogP contribution in [0, 0.1) is 0 Å². The van der Waals surface area contributed by atoms with E-state index in [1.54, 1.807) is 0 Å². The summed E-state index contributed by atoms with van der Waals surface area (Å²) in [5, 5.41) is 9.40. The van der Waals surface area contributed by atoms with E-state index in [1.807, 2.05) is 0 Å². The zero-order valence-electron chi connectivity index (χ0n) is 19.4. The average Bonchev–Trinajstić information content (AvgIpc) is 2.74. The van der Waals surface area contributed by atoms with Crippen LogP contribution in [-0.4, -0.2) is 26.0 Å². The van der Waals surface area contributed by atoms with Gasteiger partial charge in [-0.1, -0.05) is 97.1 Å². The van der Waals surface area contributed by atoms with Crippen LogP contribution in [0.15, 0.2) is 29.2 Å². The molecule has 0 bridgehead atoms. The number of benzene rings is 1. The van der Waals surface area contributed by atoms with Crippen LogP contribution >= 0.6 is 20.8 Å². The first-order valence-corrected chi connectivity index (χ1v) is 13.9. The lowest BCUT2D eigenvalue weighted by atomic mass is 9.98. The standard InChI is InChI=1S/C7H8ClO3PS.C6H12O.C6H14.C4H10/c8-6-1-3-7(4-2-6)13(9,10)11-5-12;7-6-4-2-1-3-5-6;1-3-5-6-4-2;1-3-4-2/h1-4H,5,12H2;6-7H,1-5H2;3-6H2,1-2H3;3-4H2,1-2H3. The normalized spacial score (nSPS) is 13.7. The smallest absolute Gasteiger partial charge is 0.297 e. The fourth-order valence-electron chi connectivity index (χ4n) is 2.34. The monoisotopic (exact) mass is 482 g/mol. The highest BCUT2D eigenvalue weighted by Gasteiger charge is 2.13. The van der Waals surface area contributed by atoms with Crippen molar-refractivity contribution < 1.29 is 17.7 Å². The predicted molar refractivity (Wildman–Crippen MR) is 134 cm³/mol. The number of hydrogen-bond donors (Lipinski definition) is 1. The molecule has 2 rings (SSSR count). The molecule has 1 aromatic carbocycles. The Morgan fingerprint density at radius 2 is 1.40 bits per heavy atom. The van der Waals surface area contributed by atoms with Gasteiger partial charge in [0, 0.05) is 5.02 Å². The predicted octanol–water partition coefficient (Wildman–Crippen LogP) is 7.58. The van der Waals surface area contributed by atoms with Crippen molar-refractivity contribution in [3.8, 4) is 0 Å². The Morgan fingerprint density at radius 3 is 1.70 bits per heavy atom. The molecular weight excluding hydrogens is 439 g/mol. The number of hydrogen-bond acceptors (Lipinski definition) is 4. The minimum atomic E-state index is -3.61. The van der Waals surface area contributed by atoms with Gasteiger partial charge in [0.2, 0.25) is 0 Å². The third-order valence-corrected chi connectivity index (χ3v) is 6.31. The van der Waals surface area contributed by atoms with Crippen LogP contribution in [0.2, 0.25) is 5.02 Å². The Balaban J connectivity index is 0. The molecule has 0 aliphatic heterocycles. The van der Waals surface area contributed by atoms with E-state index in [2.05, 4.69) is 41.1 Å². The Morgan fingerprint density at radius 1 is 0.933 bits per heavy atom. The molecule has 0 spiro atoms. The largest absolute Gasteiger partial charge is 0.393 e. The Hall–Kier alpha value is -0.190. The molecule has 1 N–H and O–H groups in total. The molecule has 1 aliphatic carbocycles. The lowest BCUT2D eigenvalue weighted by Gasteiger charge is -2.14.